The lowest BCUT2D eigenvalue weighted by Gasteiger charge is -2.47. The molecule has 0 radical (unpaired) electrons. The zero-order valence-corrected chi connectivity index (χ0v) is 14.2. The molecule has 2 amide bonds. The number of quaternary nitrogens is 1. The van der Waals surface area contributed by atoms with Crippen LogP contribution in [0.25, 0.3) is 0 Å². The first-order valence-corrected chi connectivity index (χ1v) is 7.71. The molecule has 1 aliphatic heterocycles. The van der Waals surface area contributed by atoms with E-state index >= 15 is 0 Å². The van der Waals surface area contributed by atoms with Gasteiger partial charge >= 0.3 is 6.09 Å². The lowest BCUT2D eigenvalue weighted by atomic mass is 9.99. The van der Waals surface area contributed by atoms with Crippen LogP contribution in [0.2, 0.25) is 0 Å². The van der Waals surface area contributed by atoms with Gasteiger partial charge in [-0.1, -0.05) is 12.1 Å². The van der Waals surface area contributed by atoms with Crippen LogP contribution in [0.15, 0.2) is 24.3 Å². The molecule has 1 heterocycles. The average Bonchev–Trinajstić information content (AvgIpc) is 2.48. The Balaban J connectivity index is 2.11. The summed E-state index contributed by atoms with van der Waals surface area (Å²) in [5.74, 6) is 0.650. The third kappa shape index (κ3) is 3.32. The molecule has 0 bridgehead atoms. The van der Waals surface area contributed by atoms with E-state index in [-0.39, 0.29) is 16.9 Å². The van der Waals surface area contributed by atoms with Gasteiger partial charge in [-0.05, 0) is 38.5 Å². The number of carboxylic acid groups (broad SMARTS) is 1. The van der Waals surface area contributed by atoms with E-state index in [4.69, 9.17) is 4.74 Å². The lowest BCUT2D eigenvalue weighted by Crippen LogP contribution is -2.71. The van der Waals surface area contributed by atoms with Gasteiger partial charge in [-0.25, -0.2) is 4.48 Å². The van der Waals surface area contributed by atoms with Gasteiger partial charge in [0.2, 0.25) is 0 Å². The number of piperazine rings is 1. The van der Waals surface area contributed by atoms with Crippen molar-refractivity contribution in [1.29, 1.82) is 0 Å². The first kappa shape index (κ1) is 17.3. The van der Waals surface area contributed by atoms with Gasteiger partial charge in [0.1, 0.15) is 17.8 Å². The second-order valence-corrected chi connectivity index (χ2v) is 6.97. The van der Waals surface area contributed by atoms with Crippen molar-refractivity contribution in [2.45, 2.75) is 32.9 Å². The largest absolute Gasteiger partial charge is 0.514 e. The quantitative estimate of drug-likeness (QED) is 0.868. The Bertz CT molecular complexity index is 592. The Morgan fingerprint density at radius 3 is 2.35 bits per heavy atom. The van der Waals surface area contributed by atoms with Crippen LogP contribution in [0.1, 0.15) is 26.3 Å². The topological polar surface area (TPSA) is 66.8 Å². The van der Waals surface area contributed by atoms with Gasteiger partial charge in [-0.2, -0.15) is 4.79 Å². The number of carbonyl (C=O) groups excluding carboxylic acids is 1. The van der Waals surface area contributed by atoms with Crippen molar-refractivity contribution in [3.63, 3.8) is 0 Å². The number of nitrogens with zero attached hydrogens (tertiary/aromatic N) is 2. The summed E-state index contributed by atoms with van der Waals surface area (Å²) in [5, 5.41) is 9.66. The highest BCUT2D eigenvalue weighted by atomic mass is 16.5. The Morgan fingerprint density at radius 1 is 1.30 bits per heavy atom. The van der Waals surface area contributed by atoms with Gasteiger partial charge in [-0.15, -0.1) is 0 Å². The highest BCUT2D eigenvalue weighted by Gasteiger charge is 2.52. The smallest absolute Gasteiger partial charge is 0.497 e. The van der Waals surface area contributed by atoms with Crippen LogP contribution in [-0.4, -0.2) is 58.8 Å². The van der Waals surface area contributed by atoms with Crippen LogP contribution in [0.5, 0.6) is 5.75 Å². The molecular weight excluding hydrogens is 296 g/mol. The molecule has 0 saturated carbocycles. The fraction of sp³-hybridized carbons (Fsp3) is 0.529. The summed E-state index contributed by atoms with van der Waals surface area (Å²) in [6.45, 7) is 6.95. The number of amides is 2. The third-order valence-electron chi connectivity index (χ3n) is 4.69. The number of ether oxygens (including phenoxy) is 1. The normalized spacial score (nSPS) is 22.1. The number of rotatable bonds is 3. The minimum Gasteiger partial charge on any atom is -0.497 e. The van der Waals surface area contributed by atoms with Crippen LogP contribution in [0, 0.1) is 0 Å². The van der Waals surface area contributed by atoms with Crippen molar-refractivity contribution < 1.29 is 23.9 Å². The standard InChI is InChI=1S/C17H24N2O4/c1-17(2,3)19(16(21)22)10-9-18(15(20)12-19)11-13-5-7-14(23-4)8-6-13/h5-8H,9-12H2,1-4H3/p+1. The summed E-state index contributed by atoms with van der Waals surface area (Å²) in [6.07, 6.45) is -0.935. The van der Waals surface area contributed by atoms with Crippen LogP contribution in [-0.2, 0) is 11.3 Å². The van der Waals surface area contributed by atoms with Crippen molar-refractivity contribution in [3.8, 4) is 5.75 Å². The average molecular weight is 321 g/mol. The summed E-state index contributed by atoms with van der Waals surface area (Å²) in [5.41, 5.74) is 0.485. The molecule has 2 rings (SSSR count). The number of hydrogen-bond donors (Lipinski definition) is 1. The second-order valence-electron chi connectivity index (χ2n) is 6.97. The van der Waals surface area contributed by atoms with Gasteiger partial charge in [0, 0.05) is 6.54 Å². The Labute approximate surface area is 136 Å². The summed E-state index contributed by atoms with van der Waals surface area (Å²) >= 11 is 0. The molecule has 1 atom stereocenters. The number of carbonyl (C=O) groups is 2. The van der Waals surface area contributed by atoms with Crippen molar-refractivity contribution in [2.24, 2.45) is 0 Å². The zero-order chi connectivity index (χ0) is 17.3. The zero-order valence-electron chi connectivity index (χ0n) is 14.2. The maximum atomic E-state index is 12.5. The molecule has 0 spiro atoms. The molecule has 1 aromatic carbocycles. The van der Waals surface area contributed by atoms with Crippen LogP contribution in [0.3, 0.4) is 0 Å². The van der Waals surface area contributed by atoms with Gasteiger partial charge < -0.3 is 14.7 Å². The molecule has 6 heteroatoms. The van der Waals surface area contributed by atoms with E-state index in [1.165, 1.54) is 0 Å². The molecule has 126 valence electrons. The van der Waals surface area contributed by atoms with Gasteiger partial charge in [-0.3, -0.25) is 4.79 Å². The molecule has 1 unspecified atom stereocenters. The molecule has 1 aliphatic rings. The van der Waals surface area contributed by atoms with Crippen LogP contribution in [0.4, 0.5) is 4.79 Å². The predicted octanol–water partition coefficient (Wildman–Crippen LogP) is 2.33. The highest BCUT2D eigenvalue weighted by Crippen LogP contribution is 2.28. The Kier molecular flexibility index (Phi) is 4.66. The van der Waals surface area contributed by atoms with Crippen molar-refractivity contribution in [1.82, 2.24) is 4.90 Å². The van der Waals surface area contributed by atoms with Gasteiger partial charge in [0.25, 0.3) is 5.91 Å². The van der Waals surface area contributed by atoms with E-state index < -0.39 is 11.6 Å². The van der Waals surface area contributed by atoms with Gasteiger partial charge in [0.05, 0.1) is 13.7 Å². The summed E-state index contributed by atoms with van der Waals surface area (Å²) < 4.78 is 4.91. The second kappa shape index (κ2) is 6.20. The molecule has 1 N–H and O–H groups in total. The first-order valence-electron chi connectivity index (χ1n) is 7.71. The molecule has 0 aromatic heterocycles. The molecule has 0 aliphatic carbocycles. The fourth-order valence-corrected chi connectivity index (χ4v) is 2.97. The molecule has 23 heavy (non-hydrogen) atoms. The number of hydrogen-bond acceptors (Lipinski definition) is 3. The van der Waals surface area contributed by atoms with E-state index in [1.54, 1.807) is 12.0 Å². The van der Waals surface area contributed by atoms with Crippen molar-refractivity contribution in [3.05, 3.63) is 29.8 Å². The Morgan fingerprint density at radius 2 is 1.91 bits per heavy atom. The van der Waals surface area contributed by atoms with E-state index in [1.807, 2.05) is 45.0 Å². The summed E-state index contributed by atoms with van der Waals surface area (Å²) in [4.78, 5) is 26.0. The van der Waals surface area contributed by atoms with Gasteiger partial charge in [0.15, 0.2) is 6.54 Å². The van der Waals surface area contributed by atoms with E-state index in [9.17, 15) is 14.7 Å². The number of benzene rings is 1. The highest BCUT2D eigenvalue weighted by molar-refractivity contribution is 5.80. The van der Waals surface area contributed by atoms with Crippen LogP contribution < -0.4 is 4.74 Å². The van der Waals surface area contributed by atoms with E-state index in [2.05, 4.69) is 0 Å². The maximum Gasteiger partial charge on any atom is 0.514 e. The lowest BCUT2D eigenvalue weighted by molar-refractivity contribution is -0.899. The number of methoxy groups -OCH3 is 1. The predicted molar refractivity (Wildman–Crippen MR) is 86.2 cm³/mol. The third-order valence-corrected chi connectivity index (χ3v) is 4.69. The minimum atomic E-state index is -0.935. The monoisotopic (exact) mass is 321 g/mol. The minimum absolute atomic E-state index is 0.00497. The molecular formula is C17H25N2O4+. The molecule has 1 saturated heterocycles. The molecule has 6 nitrogen and oxygen atoms in total. The van der Waals surface area contributed by atoms with Crippen molar-refractivity contribution in [2.75, 3.05) is 26.7 Å². The first-order chi connectivity index (χ1) is 10.7. The Hall–Kier alpha value is -2.08. The molecule has 1 aromatic rings. The SMILES string of the molecule is COc1ccc(CN2CC[N+](C(=O)O)(C(C)(C)C)CC2=O)cc1. The summed E-state index contributed by atoms with van der Waals surface area (Å²) in [6, 6.07) is 7.56. The van der Waals surface area contributed by atoms with Crippen molar-refractivity contribution >= 4 is 12.0 Å². The van der Waals surface area contributed by atoms with E-state index in [0.717, 1.165) is 11.3 Å². The van der Waals surface area contributed by atoms with E-state index in [0.29, 0.717) is 19.6 Å². The summed E-state index contributed by atoms with van der Waals surface area (Å²) in [7, 11) is 1.61. The van der Waals surface area contributed by atoms with Crippen LogP contribution >= 0.6 is 0 Å². The maximum absolute atomic E-state index is 12.5. The molecule has 1 fully saturated rings. The fourth-order valence-electron chi connectivity index (χ4n) is 2.97.